The zero-order valence-corrected chi connectivity index (χ0v) is 8.35. The van der Waals surface area contributed by atoms with Gasteiger partial charge in [-0.25, -0.2) is 0 Å². The van der Waals surface area contributed by atoms with Crippen LogP contribution in [0.2, 0.25) is 0 Å². The molecule has 11 heavy (non-hydrogen) atoms. The predicted octanol–water partition coefficient (Wildman–Crippen LogP) is 2.52. The van der Waals surface area contributed by atoms with E-state index in [0.29, 0.717) is 11.5 Å². The quantitative estimate of drug-likeness (QED) is 0.605. The molecule has 0 amide bonds. The van der Waals surface area contributed by atoms with Crippen LogP contribution in [0, 0.1) is 5.41 Å². The van der Waals surface area contributed by atoms with Crippen LogP contribution in [0.1, 0.15) is 40.0 Å². The van der Waals surface area contributed by atoms with E-state index in [0.717, 1.165) is 0 Å². The fraction of sp³-hybridized carbons (Fsp3) is 1.00. The van der Waals surface area contributed by atoms with E-state index in [9.17, 15) is 0 Å². The summed E-state index contributed by atoms with van der Waals surface area (Å²) in [4.78, 5) is 2.46. The molecule has 0 atom stereocenters. The Morgan fingerprint density at radius 2 is 1.91 bits per heavy atom. The van der Waals surface area contributed by atoms with Crippen molar-refractivity contribution in [2.24, 2.45) is 5.41 Å². The molecule has 0 N–H and O–H groups in total. The van der Waals surface area contributed by atoms with Crippen LogP contribution in [-0.2, 0) is 0 Å². The standard InChI is InChI=1S/C10H21N/c1-9(2)11(4)8-10(3)6-5-7-10/h9H,5-8H2,1-4H3. The van der Waals surface area contributed by atoms with Gasteiger partial charge in [0.2, 0.25) is 0 Å². The molecule has 1 fully saturated rings. The van der Waals surface area contributed by atoms with E-state index < -0.39 is 0 Å². The molecule has 0 aromatic rings. The zero-order chi connectivity index (χ0) is 8.48. The topological polar surface area (TPSA) is 3.24 Å². The molecule has 0 aromatic heterocycles. The van der Waals surface area contributed by atoms with Gasteiger partial charge in [0, 0.05) is 12.6 Å². The van der Waals surface area contributed by atoms with E-state index >= 15 is 0 Å². The van der Waals surface area contributed by atoms with E-state index in [1.54, 1.807) is 0 Å². The van der Waals surface area contributed by atoms with Crippen LogP contribution in [0.3, 0.4) is 0 Å². The first-order chi connectivity index (χ1) is 5.03. The SMILES string of the molecule is CC(C)N(C)CC1(C)CCC1. The molecule has 0 aromatic carbocycles. The molecule has 0 aliphatic heterocycles. The second-order valence-electron chi connectivity index (χ2n) is 4.67. The van der Waals surface area contributed by atoms with E-state index in [-0.39, 0.29) is 0 Å². The van der Waals surface area contributed by atoms with Crippen molar-refractivity contribution in [2.45, 2.75) is 46.1 Å². The summed E-state index contributed by atoms with van der Waals surface area (Å²) in [5.41, 5.74) is 0.652. The highest BCUT2D eigenvalue weighted by Gasteiger charge is 2.32. The van der Waals surface area contributed by atoms with Crippen LogP contribution < -0.4 is 0 Å². The lowest BCUT2D eigenvalue weighted by Gasteiger charge is -2.42. The summed E-state index contributed by atoms with van der Waals surface area (Å²) in [7, 11) is 2.23. The van der Waals surface area contributed by atoms with E-state index in [1.165, 1.54) is 25.8 Å². The summed E-state index contributed by atoms with van der Waals surface area (Å²) in [6, 6.07) is 0.701. The second kappa shape index (κ2) is 3.14. The molecule has 0 bridgehead atoms. The van der Waals surface area contributed by atoms with Gasteiger partial charge in [0.15, 0.2) is 0 Å². The van der Waals surface area contributed by atoms with Gasteiger partial charge in [-0.05, 0) is 39.2 Å². The number of hydrogen-bond donors (Lipinski definition) is 0. The van der Waals surface area contributed by atoms with Crippen molar-refractivity contribution in [1.29, 1.82) is 0 Å². The number of rotatable bonds is 3. The summed E-state index contributed by atoms with van der Waals surface area (Å²) in [5, 5.41) is 0. The van der Waals surface area contributed by atoms with E-state index in [1.807, 2.05) is 0 Å². The molecular formula is C10H21N. The normalized spacial score (nSPS) is 22.4. The van der Waals surface area contributed by atoms with Crippen molar-refractivity contribution >= 4 is 0 Å². The van der Waals surface area contributed by atoms with Gasteiger partial charge in [-0.3, -0.25) is 0 Å². The molecule has 66 valence electrons. The van der Waals surface area contributed by atoms with Gasteiger partial charge in [-0.15, -0.1) is 0 Å². The Bertz CT molecular complexity index is 125. The summed E-state index contributed by atoms with van der Waals surface area (Å²) in [6.45, 7) is 8.23. The van der Waals surface area contributed by atoms with Gasteiger partial charge >= 0.3 is 0 Å². The maximum Gasteiger partial charge on any atom is 0.00357 e. The Kier molecular flexibility index (Phi) is 2.58. The minimum absolute atomic E-state index is 0.652. The maximum atomic E-state index is 2.46. The van der Waals surface area contributed by atoms with E-state index in [4.69, 9.17) is 0 Å². The highest BCUT2D eigenvalue weighted by molar-refractivity contribution is 4.86. The molecule has 0 radical (unpaired) electrons. The van der Waals surface area contributed by atoms with E-state index in [2.05, 4.69) is 32.7 Å². The summed E-state index contributed by atoms with van der Waals surface area (Å²) in [6.07, 6.45) is 4.32. The molecule has 1 saturated carbocycles. The second-order valence-corrected chi connectivity index (χ2v) is 4.67. The highest BCUT2D eigenvalue weighted by atomic mass is 15.1. The summed E-state index contributed by atoms with van der Waals surface area (Å²) < 4.78 is 0. The van der Waals surface area contributed by atoms with Crippen molar-refractivity contribution in [3.05, 3.63) is 0 Å². The maximum absolute atomic E-state index is 2.46. The van der Waals surface area contributed by atoms with Gasteiger partial charge in [0.05, 0.1) is 0 Å². The smallest absolute Gasteiger partial charge is 0.00357 e. The van der Waals surface area contributed by atoms with Gasteiger partial charge in [0.1, 0.15) is 0 Å². The molecular weight excluding hydrogens is 134 g/mol. The Hall–Kier alpha value is -0.0400. The van der Waals surface area contributed by atoms with Crippen LogP contribution in [0.4, 0.5) is 0 Å². The lowest BCUT2D eigenvalue weighted by atomic mass is 9.70. The Morgan fingerprint density at radius 3 is 2.18 bits per heavy atom. The Labute approximate surface area is 70.8 Å². The lowest BCUT2D eigenvalue weighted by Crippen LogP contribution is -2.41. The molecule has 0 heterocycles. The Morgan fingerprint density at radius 1 is 1.36 bits per heavy atom. The molecule has 1 nitrogen and oxygen atoms in total. The van der Waals surface area contributed by atoms with Gasteiger partial charge in [-0.2, -0.15) is 0 Å². The van der Waals surface area contributed by atoms with Crippen LogP contribution in [0.15, 0.2) is 0 Å². The van der Waals surface area contributed by atoms with Crippen LogP contribution >= 0.6 is 0 Å². The fourth-order valence-electron chi connectivity index (χ4n) is 1.72. The fourth-order valence-corrected chi connectivity index (χ4v) is 1.72. The third-order valence-corrected chi connectivity index (χ3v) is 3.07. The Balaban J connectivity index is 2.29. The van der Waals surface area contributed by atoms with Crippen LogP contribution in [0.5, 0.6) is 0 Å². The number of nitrogens with zero attached hydrogens (tertiary/aromatic N) is 1. The molecule has 1 rings (SSSR count). The molecule has 0 saturated heterocycles. The van der Waals surface area contributed by atoms with Gasteiger partial charge < -0.3 is 4.90 Å². The third-order valence-electron chi connectivity index (χ3n) is 3.07. The van der Waals surface area contributed by atoms with Gasteiger partial charge in [0.25, 0.3) is 0 Å². The van der Waals surface area contributed by atoms with Crippen molar-refractivity contribution in [3.63, 3.8) is 0 Å². The zero-order valence-electron chi connectivity index (χ0n) is 8.35. The van der Waals surface area contributed by atoms with Crippen molar-refractivity contribution in [1.82, 2.24) is 4.90 Å². The lowest BCUT2D eigenvalue weighted by molar-refractivity contribution is 0.0846. The minimum atomic E-state index is 0.652. The monoisotopic (exact) mass is 155 g/mol. The average Bonchev–Trinajstić information content (AvgIpc) is 1.84. The minimum Gasteiger partial charge on any atom is -0.303 e. The first-order valence-corrected chi connectivity index (χ1v) is 4.74. The third kappa shape index (κ3) is 2.19. The van der Waals surface area contributed by atoms with Crippen LogP contribution in [0.25, 0.3) is 0 Å². The van der Waals surface area contributed by atoms with Crippen molar-refractivity contribution < 1.29 is 0 Å². The first kappa shape index (κ1) is 9.05. The highest BCUT2D eigenvalue weighted by Crippen LogP contribution is 2.40. The van der Waals surface area contributed by atoms with Crippen molar-refractivity contribution in [3.8, 4) is 0 Å². The molecule has 0 spiro atoms. The first-order valence-electron chi connectivity index (χ1n) is 4.74. The molecule has 1 heteroatoms. The average molecular weight is 155 g/mol. The number of hydrogen-bond acceptors (Lipinski definition) is 1. The van der Waals surface area contributed by atoms with Crippen LogP contribution in [-0.4, -0.2) is 24.5 Å². The van der Waals surface area contributed by atoms with Crippen molar-refractivity contribution in [2.75, 3.05) is 13.6 Å². The largest absolute Gasteiger partial charge is 0.303 e. The predicted molar refractivity (Wildman–Crippen MR) is 49.7 cm³/mol. The summed E-state index contributed by atoms with van der Waals surface area (Å²) >= 11 is 0. The molecule has 0 unspecified atom stereocenters. The molecule has 1 aliphatic rings. The van der Waals surface area contributed by atoms with Gasteiger partial charge in [-0.1, -0.05) is 13.3 Å². The molecule has 1 aliphatic carbocycles. The summed E-state index contributed by atoms with van der Waals surface area (Å²) in [5.74, 6) is 0.